The Hall–Kier alpha value is -0.940. The molecule has 1 saturated heterocycles. The summed E-state index contributed by atoms with van der Waals surface area (Å²) in [6.07, 6.45) is 5.70. The number of ether oxygens (including phenoxy) is 1. The molecule has 21 heavy (non-hydrogen) atoms. The van der Waals surface area contributed by atoms with E-state index in [0.29, 0.717) is 5.56 Å². The Bertz CT molecular complexity index is 662. The average molecular weight is 368 g/mol. The van der Waals surface area contributed by atoms with E-state index in [9.17, 15) is 4.79 Å². The minimum Gasteiger partial charge on any atom is -0.465 e. The van der Waals surface area contributed by atoms with E-state index in [1.165, 1.54) is 37.0 Å². The van der Waals surface area contributed by atoms with Crippen LogP contribution in [-0.4, -0.2) is 29.6 Å². The second kappa shape index (κ2) is 6.44. The molecule has 5 heteroatoms. The smallest absolute Gasteiger partial charge is 0.340 e. The number of aromatic amines is 1. The van der Waals surface area contributed by atoms with E-state index in [1.54, 1.807) is 0 Å². The summed E-state index contributed by atoms with van der Waals surface area (Å²) in [4.78, 5) is 15.2. The molecule has 1 N–H and O–H groups in total. The molecule has 1 aliphatic rings. The van der Waals surface area contributed by atoms with Gasteiger partial charge in [-0.25, -0.2) is 4.79 Å². The minimum absolute atomic E-state index is 0.302. The van der Waals surface area contributed by atoms with Crippen LogP contribution in [0.25, 0.3) is 10.9 Å². The van der Waals surface area contributed by atoms with Crippen LogP contribution in [0.1, 0.15) is 28.8 Å². The quantitative estimate of drug-likeness (QED) is 0.817. The highest BCUT2D eigenvalue weighted by Crippen LogP contribution is 2.31. The first-order chi connectivity index (χ1) is 10.2. The van der Waals surface area contributed by atoms with Crippen molar-refractivity contribution < 1.29 is 9.53 Å². The van der Waals surface area contributed by atoms with Crippen molar-refractivity contribution in [1.82, 2.24) is 4.98 Å². The first-order valence-corrected chi connectivity index (χ1v) is 9.09. The van der Waals surface area contributed by atoms with Gasteiger partial charge in [-0.1, -0.05) is 15.9 Å². The van der Waals surface area contributed by atoms with Gasteiger partial charge in [0.2, 0.25) is 0 Å². The predicted molar refractivity (Wildman–Crippen MR) is 91.1 cm³/mol. The van der Waals surface area contributed by atoms with Crippen molar-refractivity contribution in [3.05, 3.63) is 33.9 Å². The number of hydrogen-bond acceptors (Lipinski definition) is 3. The van der Waals surface area contributed by atoms with Gasteiger partial charge in [0.15, 0.2) is 0 Å². The largest absolute Gasteiger partial charge is 0.465 e. The zero-order chi connectivity index (χ0) is 14.8. The van der Waals surface area contributed by atoms with Crippen molar-refractivity contribution in [2.24, 2.45) is 5.92 Å². The molecule has 1 aliphatic heterocycles. The summed E-state index contributed by atoms with van der Waals surface area (Å²) in [6.45, 7) is 0. The molecule has 0 saturated carbocycles. The molecule has 2 aromatic rings. The van der Waals surface area contributed by atoms with Crippen LogP contribution in [0.4, 0.5) is 0 Å². The maximum Gasteiger partial charge on any atom is 0.340 e. The number of esters is 1. The van der Waals surface area contributed by atoms with Gasteiger partial charge in [0.05, 0.1) is 18.2 Å². The Balaban J connectivity index is 1.97. The zero-order valence-electron chi connectivity index (χ0n) is 11.9. The number of fused-ring (bicyclic) bond motifs is 1. The summed E-state index contributed by atoms with van der Waals surface area (Å²) in [5.41, 5.74) is 2.77. The van der Waals surface area contributed by atoms with Gasteiger partial charge in [-0.15, -0.1) is 0 Å². The van der Waals surface area contributed by atoms with E-state index in [-0.39, 0.29) is 5.97 Å². The molecule has 0 bridgehead atoms. The highest BCUT2D eigenvalue weighted by Gasteiger charge is 2.19. The first-order valence-electron chi connectivity index (χ1n) is 7.14. The molecule has 1 aromatic heterocycles. The van der Waals surface area contributed by atoms with Crippen LogP contribution in [0.5, 0.6) is 0 Å². The Morgan fingerprint density at radius 1 is 1.43 bits per heavy atom. The molecular weight excluding hydrogens is 350 g/mol. The standard InChI is InChI=1S/C16H18BrNO2S/c1-20-16(19)14-8-12(17)7-13-11(9-18-15(13)14)6-10-2-4-21-5-3-10/h7-10,18H,2-6H2,1H3. The normalized spacial score (nSPS) is 16.3. The summed E-state index contributed by atoms with van der Waals surface area (Å²) >= 11 is 5.55. The number of hydrogen-bond donors (Lipinski definition) is 1. The summed E-state index contributed by atoms with van der Waals surface area (Å²) < 4.78 is 5.79. The molecule has 1 fully saturated rings. The van der Waals surface area contributed by atoms with Crippen LogP contribution in [0.2, 0.25) is 0 Å². The maximum absolute atomic E-state index is 11.9. The Kier molecular flexibility index (Phi) is 4.60. The van der Waals surface area contributed by atoms with Gasteiger partial charge in [-0.3, -0.25) is 0 Å². The van der Waals surface area contributed by atoms with E-state index in [2.05, 4.69) is 38.7 Å². The van der Waals surface area contributed by atoms with E-state index in [1.807, 2.05) is 12.3 Å². The van der Waals surface area contributed by atoms with Gasteiger partial charge in [-0.05, 0) is 54.4 Å². The van der Waals surface area contributed by atoms with E-state index >= 15 is 0 Å². The monoisotopic (exact) mass is 367 g/mol. The third-order valence-corrected chi connectivity index (χ3v) is 5.60. The maximum atomic E-state index is 11.9. The number of H-pyrrole nitrogens is 1. The van der Waals surface area contributed by atoms with Gasteiger partial charge in [-0.2, -0.15) is 11.8 Å². The van der Waals surface area contributed by atoms with Gasteiger partial charge >= 0.3 is 5.97 Å². The highest BCUT2D eigenvalue weighted by molar-refractivity contribution is 9.10. The predicted octanol–water partition coefficient (Wildman–Crippen LogP) is 4.40. The van der Waals surface area contributed by atoms with Crippen LogP contribution < -0.4 is 0 Å². The lowest BCUT2D eigenvalue weighted by molar-refractivity contribution is 0.0602. The van der Waals surface area contributed by atoms with Gasteiger partial charge in [0.25, 0.3) is 0 Å². The molecule has 0 spiro atoms. The fourth-order valence-corrected chi connectivity index (χ4v) is 4.62. The number of thioether (sulfide) groups is 1. The van der Waals surface area contributed by atoms with Crippen LogP contribution in [0, 0.1) is 5.92 Å². The molecule has 3 nitrogen and oxygen atoms in total. The third kappa shape index (κ3) is 3.14. The lowest BCUT2D eigenvalue weighted by Gasteiger charge is -2.20. The second-order valence-corrected chi connectivity index (χ2v) is 7.58. The Labute approximate surface area is 137 Å². The molecule has 0 atom stereocenters. The molecule has 2 heterocycles. The molecular formula is C16H18BrNO2S. The Morgan fingerprint density at radius 2 is 2.19 bits per heavy atom. The van der Waals surface area contributed by atoms with Gasteiger partial charge < -0.3 is 9.72 Å². The van der Waals surface area contributed by atoms with Gasteiger partial charge in [0.1, 0.15) is 0 Å². The average Bonchev–Trinajstić information content (AvgIpc) is 2.89. The van der Waals surface area contributed by atoms with E-state index in [0.717, 1.165) is 27.7 Å². The van der Waals surface area contributed by atoms with Crippen LogP contribution in [0.3, 0.4) is 0 Å². The fourth-order valence-electron chi connectivity index (χ4n) is 2.95. The lowest BCUT2D eigenvalue weighted by Crippen LogP contribution is -2.12. The van der Waals surface area contributed by atoms with Crippen molar-refractivity contribution >= 4 is 44.6 Å². The SMILES string of the molecule is COC(=O)c1cc(Br)cc2c(CC3CCSCC3)c[nH]c12. The van der Waals surface area contributed by atoms with E-state index < -0.39 is 0 Å². The highest BCUT2D eigenvalue weighted by atomic mass is 79.9. The summed E-state index contributed by atoms with van der Waals surface area (Å²) in [6, 6.07) is 3.90. The number of carbonyl (C=O) groups is 1. The molecule has 3 rings (SSSR count). The molecule has 0 unspecified atom stereocenters. The van der Waals surface area contributed by atoms with Crippen molar-refractivity contribution in [1.29, 1.82) is 0 Å². The van der Waals surface area contributed by atoms with Crippen molar-refractivity contribution in [2.75, 3.05) is 18.6 Å². The van der Waals surface area contributed by atoms with Gasteiger partial charge in [0, 0.05) is 16.1 Å². The molecule has 0 amide bonds. The topological polar surface area (TPSA) is 42.1 Å². The first kappa shape index (κ1) is 15.0. The third-order valence-electron chi connectivity index (χ3n) is 4.09. The van der Waals surface area contributed by atoms with Crippen molar-refractivity contribution in [2.45, 2.75) is 19.3 Å². The number of aromatic nitrogens is 1. The number of halogens is 1. The van der Waals surface area contributed by atoms with E-state index in [4.69, 9.17) is 4.74 Å². The number of benzene rings is 1. The molecule has 112 valence electrons. The minimum atomic E-state index is -0.302. The fraction of sp³-hybridized carbons (Fsp3) is 0.438. The van der Waals surface area contributed by atoms with Crippen molar-refractivity contribution in [3.8, 4) is 0 Å². The number of carbonyl (C=O) groups excluding carboxylic acids is 1. The second-order valence-electron chi connectivity index (χ2n) is 5.44. The van der Waals surface area contributed by atoms with Crippen LogP contribution in [-0.2, 0) is 11.2 Å². The molecule has 0 radical (unpaired) electrons. The summed E-state index contributed by atoms with van der Waals surface area (Å²) in [5, 5.41) is 1.13. The Morgan fingerprint density at radius 3 is 2.90 bits per heavy atom. The zero-order valence-corrected chi connectivity index (χ0v) is 14.4. The number of nitrogens with one attached hydrogen (secondary N) is 1. The molecule has 0 aliphatic carbocycles. The molecule has 1 aromatic carbocycles. The van der Waals surface area contributed by atoms with Crippen LogP contribution in [0.15, 0.2) is 22.8 Å². The number of methoxy groups -OCH3 is 1. The summed E-state index contributed by atoms with van der Waals surface area (Å²) in [5.74, 6) is 2.99. The van der Waals surface area contributed by atoms with Crippen LogP contribution >= 0.6 is 27.7 Å². The lowest BCUT2D eigenvalue weighted by atomic mass is 9.93. The van der Waals surface area contributed by atoms with Crippen molar-refractivity contribution in [3.63, 3.8) is 0 Å². The number of rotatable bonds is 3. The summed E-state index contributed by atoms with van der Waals surface area (Å²) in [7, 11) is 1.42.